The van der Waals surface area contributed by atoms with Crippen LogP contribution in [0.1, 0.15) is 5.56 Å². The fourth-order valence-corrected chi connectivity index (χ4v) is 6.83. The maximum atomic E-state index is 12.1. The van der Waals surface area contributed by atoms with Crippen LogP contribution in [0.5, 0.6) is 0 Å². The number of para-hydroxylation sites is 1. The summed E-state index contributed by atoms with van der Waals surface area (Å²) in [4.78, 5) is 6.78. The number of anilines is 1. The van der Waals surface area contributed by atoms with E-state index in [9.17, 15) is 8.42 Å². The molecule has 2 heterocycles. The molecule has 1 saturated heterocycles. The molecule has 2 aromatic carbocycles. The van der Waals surface area contributed by atoms with Gasteiger partial charge in [-0.2, -0.15) is 0 Å². The topological polar surface area (TPSA) is 49.7 Å². The highest BCUT2D eigenvalue weighted by molar-refractivity contribution is 8.13. The van der Waals surface area contributed by atoms with Gasteiger partial charge in [0.2, 0.25) is 0 Å². The van der Waals surface area contributed by atoms with E-state index in [4.69, 9.17) is 28.2 Å². The van der Waals surface area contributed by atoms with Crippen molar-refractivity contribution in [1.29, 1.82) is 0 Å². The van der Waals surface area contributed by atoms with Crippen molar-refractivity contribution < 1.29 is 8.42 Å². The molecular formula is C18H16Cl2N2O2S2. The highest BCUT2D eigenvalue weighted by Gasteiger charge is 2.47. The standard InChI is InChI=1S/C18H16Cl2N2O2S2/c19-13-7-6-12(15(20)8-13)9-25-18-21-16-10-26(23,24)11-17(16)22(18)14-4-2-1-3-5-14/h1-8,16-17H,9-11H2/t16-,17-/m0/s1. The van der Waals surface area contributed by atoms with E-state index < -0.39 is 9.84 Å². The molecule has 136 valence electrons. The monoisotopic (exact) mass is 426 g/mol. The Hall–Kier alpha value is -1.21. The minimum absolute atomic E-state index is 0.118. The molecule has 4 nitrogen and oxygen atoms in total. The molecule has 8 heteroatoms. The molecule has 2 aliphatic heterocycles. The first-order chi connectivity index (χ1) is 12.4. The minimum atomic E-state index is -3.04. The summed E-state index contributed by atoms with van der Waals surface area (Å²) in [7, 11) is -3.04. The number of aliphatic imine (C=N–C) groups is 1. The SMILES string of the molecule is O=S1(=O)C[C@@H]2N=C(SCc3ccc(Cl)cc3Cl)N(c3ccccc3)[C@H]2C1. The van der Waals surface area contributed by atoms with Gasteiger partial charge in [0.05, 0.1) is 23.6 Å². The third-order valence-corrected chi connectivity index (χ3v) is 7.82. The van der Waals surface area contributed by atoms with Crippen LogP contribution in [0.2, 0.25) is 10.0 Å². The van der Waals surface area contributed by atoms with Gasteiger partial charge >= 0.3 is 0 Å². The lowest BCUT2D eigenvalue weighted by Crippen LogP contribution is -2.39. The highest BCUT2D eigenvalue weighted by atomic mass is 35.5. The van der Waals surface area contributed by atoms with E-state index in [1.807, 2.05) is 42.5 Å². The maximum Gasteiger partial charge on any atom is 0.164 e. The third-order valence-electron chi connectivity index (χ3n) is 4.51. The largest absolute Gasteiger partial charge is 0.315 e. The zero-order chi connectivity index (χ0) is 18.3. The molecule has 2 atom stereocenters. The van der Waals surface area contributed by atoms with Crippen LogP contribution in [0.15, 0.2) is 53.5 Å². The number of fused-ring (bicyclic) bond motifs is 1. The molecule has 1 fully saturated rings. The van der Waals surface area contributed by atoms with Crippen LogP contribution in [-0.2, 0) is 15.6 Å². The Morgan fingerprint density at radius 3 is 2.62 bits per heavy atom. The minimum Gasteiger partial charge on any atom is -0.315 e. The lowest BCUT2D eigenvalue weighted by Gasteiger charge is -2.26. The van der Waals surface area contributed by atoms with Crippen LogP contribution in [0, 0.1) is 0 Å². The van der Waals surface area contributed by atoms with Crippen LogP contribution in [0.25, 0.3) is 0 Å². The number of benzene rings is 2. The van der Waals surface area contributed by atoms with Gasteiger partial charge in [-0.3, -0.25) is 4.99 Å². The van der Waals surface area contributed by atoms with Crippen molar-refractivity contribution in [1.82, 2.24) is 0 Å². The highest BCUT2D eigenvalue weighted by Crippen LogP contribution is 2.36. The van der Waals surface area contributed by atoms with E-state index in [1.54, 1.807) is 17.8 Å². The van der Waals surface area contributed by atoms with Crippen molar-refractivity contribution in [2.45, 2.75) is 17.8 Å². The van der Waals surface area contributed by atoms with E-state index in [2.05, 4.69) is 4.90 Å². The molecule has 2 aromatic rings. The Kier molecular flexibility index (Phi) is 4.94. The third kappa shape index (κ3) is 3.60. The normalized spacial score (nSPS) is 23.8. The fraction of sp³-hybridized carbons (Fsp3) is 0.278. The van der Waals surface area contributed by atoms with Crippen molar-refractivity contribution in [2.75, 3.05) is 16.4 Å². The summed E-state index contributed by atoms with van der Waals surface area (Å²) < 4.78 is 24.1. The number of halogens is 2. The zero-order valence-electron chi connectivity index (χ0n) is 13.7. The molecular weight excluding hydrogens is 411 g/mol. The average Bonchev–Trinajstić information content (AvgIpc) is 3.06. The second-order valence-corrected chi connectivity index (χ2v) is 10.3. The summed E-state index contributed by atoms with van der Waals surface area (Å²) in [5, 5.41) is 2.07. The smallest absolute Gasteiger partial charge is 0.164 e. The van der Waals surface area contributed by atoms with Gasteiger partial charge in [0.15, 0.2) is 15.0 Å². The van der Waals surface area contributed by atoms with E-state index in [0.29, 0.717) is 15.8 Å². The van der Waals surface area contributed by atoms with Crippen molar-refractivity contribution in [2.24, 2.45) is 4.99 Å². The number of amidine groups is 1. The first-order valence-corrected chi connectivity index (χ1v) is 11.7. The van der Waals surface area contributed by atoms with Crippen LogP contribution in [0.4, 0.5) is 5.69 Å². The van der Waals surface area contributed by atoms with Crippen LogP contribution < -0.4 is 4.90 Å². The predicted molar refractivity (Wildman–Crippen MR) is 110 cm³/mol. The molecule has 0 aliphatic carbocycles. The van der Waals surface area contributed by atoms with Crippen molar-refractivity contribution in [3.63, 3.8) is 0 Å². The van der Waals surface area contributed by atoms with Gasteiger partial charge in [0.25, 0.3) is 0 Å². The van der Waals surface area contributed by atoms with Crippen molar-refractivity contribution in [3.05, 3.63) is 64.1 Å². The van der Waals surface area contributed by atoms with Crippen LogP contribution >= 0.6 is 35.0 Å². The quantitative estimate of drug-likeness (QED) is 0.734. The summed E-state index contributed by atoms with van der Waals surface area (Å²) in [6, 6.07) is 14.9. The number of sulfone groups is 1. The molecule has 0 radical (unpaired) electrons. The number of hydrogen-bond donors (Lipinski definition) is 0. The molecule has 26 heavy (non-hydrogen) atoms. The summed E-state index contributed by atoms with van der Waals surface area (Å²) in [5.74, 6) is 0.902. The predicted octanol–water partition coefficient (Wildman–Crippen LogP) is 4.27. The second kappa shape index (κ2) is 7.08. The average molecular weight is 427 g/mol. The molecule has 2 aliphatic rings. The van der Waals surface area contributed by atoms with Crippen molar-refractivity contribution in [3.8, 4) is 0 Å². The first kappa shape index (κ1) is 18.2. The lowest BCUT2D eigenvalue weighted by molar-refractivity contribution is 0.601. The van der Waals surface area contributed by atoms with Gasteiger partial charge in [0, 0.05) is 21.5 Å². The summed E-state index contributed by atoms with van der Waals surface area (Å²) in [6.07, 6.45) is 0. The van der Waals surface area contributed by atoms with Crippen LogP contribution in [-0.4, -0.2) is 37.2 Å². The zero-order valence-corrected chi connectivity index (χ0v) is 16.8. The first-order valence-electron chi connectivity index (χ1n) is 8.12. The Labute approximate surface area is 167 Å². The van der Waals surface area contributed by atoms with Gasteiger partial charge in [-0.1, -0.05) is 59.2 Å². The molecule has 0 unspecified atom stereocenters. The summed E-state index contributed by atoms with van der Waals surface area (Å²) in [5.41, 5.74) is 1.94. The summed E-state index contributed by atoms with van der Waals surface area (Å²) >= 11 is 13.8. The van der Waals surface area contributed by atoms with Gasteiger partial charge in [-0.05, 0) is 29.8 Å². The van der Waals surface area contributed by atoms with Gasteiger partial charge in [0.1, 0.15) is 0 Å². The Morgan fingerprint density at radius 2 is 1.88 bits per heavy atom. The van der Waals surface area contributed by atoms with E-state index in [-0.39, 0.29) is 23.6 Å². The Morgan fingerprint density at radius 1 is 1.12 bits per heavy atom. The van der Waals surface area contributed by atoms with Crippen molar-refractivity contribution >= 4 is 55.7 Å². The van der Waals surface area contributed by atoms with E-state index in [0.717, 1.165) is 16.4 Å². The Bertz CT molecular complexity index is 964. The molecule has 0 spiro atoms. The molecule has 0 amide bonds. The molecule has 0 bridgehead atoms. The summed E-state index contributed by atoms with van der Waals surface area (Å²) in [6.45, 7) is 0. The molecule has 0 N–H and O–H groups in total. The number of thioether (sulfide) groups is 1. The maximum absolute atomic E-state index is 12.1. The molecule has 0 aromatic heterocycles. The number of nitrogens with zero attached hydrogens (tertiary/aromatic N) is 2. The lowest BCUT2D eigenvalue weighted by atomic mass is 10.1. The Balaban J connectivity index is 1.61. The second-order valence-electron chi connectivity index (χ2n) is 6.35. The molecule has 4 rings (SSSR count). The van der Waals surface area contributed by atoms with Gasteiger partial charge in [-0.25, -0.2) is 8.42 Å². The molecule has 0 saturated carbocycles. The van der Waals surface area contributed by atoms with Gasteiger partial charge < -0.3 is 4.90 Å². The van der Waals surface area contributed by atoms with E-state index >= 15 is 0 Å². The van der Waals surface area contributed by atoms with E-state index in [1.165, 1.54) is 0 Å². The van der Waals surface area contributed by atoms with Gasteiger partial charge in [-0.15, -0.1) is 0 Å². The fourth-order valence-electron chi connectivity index (χ4n) is 3.30. The van der Waals surface area contributed by atoms with Crippen LogP contribution in [0.3, 0.4) is 0 Å². The number of rotatable bonds is 3. The number of hydrogen-bond acceptors (Lipinski definition) is 5.